The zero-order valence-electron chi connectivity index (χ0n) is 17.6. The molecule has 0 unspecified atom stereocenters. The second kappa shape index (κ2) is 11.7. The minimum absolute atomic E-state index is 0.0618. The molecule has 0 spiro atoms. The van der Waals surface area contributed by atoms with E-state index in [0.717, 1.165) is 18.4 Å². The number of aliphatic hydroxyl groups excluding tert-OH is 1. The lowest BCUT2D eigenvalue weighted by molar-refractivity contribution is -0.171. The number of aliphatic hydroxyl groups is 1. The summed E-state index contributed by atoms with van der Waals surface area (Å²) in [6.45, 7) is -0.0618. The Bertz CT molecular complexity index is 1060. The van der Waals surface area contributed by atoms with Crippen molar-refractivity contribution < 1.29 is 29.3 Å². The zero-order valence-corrected chi connectivity index (χ0v) is 17.6. The van der Waals surface area contributed by atoms with Gasteiger partial charge in [0.05, 0.1) is 6.26 Å². The SMILES string of the molecule is O=C(OCc1ccccc1)[C@H](O)[C@@H](O/C=C/CCCc1ccc2ccccc2c1)C(=O)O. The summed E-state index contributed by atoms with van der Waals surface area (Å²) in [6, 6.07) is 23.4. The standard InChI is InChI=1S/C26H26O6/c27-23(26(30)32-18-20-10-3-1-4-11-20)24(25(28)29)31-16-8-2-5-9-19-14-15-21-12-6-7-13-22(21)17-19/h1,3-4,6-8,10-17,23-24,27H,2,5,9,18H2,(H,28,29)/b16-8+/t23-,24-/m1/s1. The summed E-state index contributed by atoms with van der Waals surface area (Å²) >= 11 is 0. The summed E-state index contributed by atoms with van der Waals surface area (Å²) in [7, 11) is 0. The quantitative estimate of drug-likeness (QED) is 0.266. The number of unbranched alkanes of at least 4 members (excludes halogenated alkanes) is 1. The number of carboxylic acid groups (broad SMARTS) is 1. The Morgan fingerprint density at radius 2 is 1.62 bits per heavy atom. The summed E-state index contributed by atoms with van der Waals surface area (Å²) in [5, 5.41) is 21.7. The topological polar surface area (TPSA) is 93.1 Å². The molecule has 2 atom stereocenters. The van der Waals surface area contributed by atoms with Crippen molar-refractivity contribution in [2.45, 2.75) is 38.1 Å². The Labute approximate surface area is 186 Å². The highest BCUT2D eigenvalue weighted by molar-refractivity contribution is 5.84. The molecule has 0 saturated heterocycles. The van der Waals surface area contributed by atoms with Crippen molar-refractivity contribution in [2.24, 2.45) is 0 Å². The van der Waals surface area contributed by atoms with Crippen LogP contribution in [0.4, 0.5) is 0 Å². The molecule has 6 heteroatoms. The van der Waals surface area contributed by atoms with Crippen molar-refractivity contribution in [1.82, 2.24) is 0 Å². The Morgan fingerprint density at radius 3 is 2.38 bits per heavy atom. The van der Waals surface area contributed by atoms with Crippen LogP contribution < -0.4 is 0 Å². The normalized spacial score (nSPS) is 13.0. The third-order valence-electron chi connectivity index (χ3n) is 4.97. The maximum atomic E-state index is 12.0. The van der Waals surface area contributed by atoms with Crippen LogP contribution in [0.15, 0.2) is 85.1 Å². The second-order valence-electron chi connectivity index (χ2n) is 7.38. The summed E-state index contributed by atoms with van der Waals surface area (Å²) < 4.78 is 10.1. The number of hydrogen-bond donors (Lipinski definition) is 2. The molecule has 0 heterocycles. The van der Waals surface area contributed by atoms with E-state index in [1.54, 1.807) is 30.3 Å². The highest BCUT2D eigenvalue weighted by Gasteiger charge is 2.34. The van der Waals surface area contributed by atoms with E-state index < -0.39 is 24.1 Å². The van der Waals surface area contributed by atoms with E-state index in [-0.39, 0.29) is 6.61 Å². The first-order valence-corrected chi connectivity index (χ1v) is 10.4. The number of hydrogen-bond acceptors (Lipinski definition) is 5. The summed E-state index contributed by atoms with van der Waals surface area (Å²) in [4.78, 5) is 23.4. The first kappa shape index (κ1) is 23.0. The van der Waals surface area contributed by atoms with Crippen molar-refractivity contribution in [3.05, 3.63) is 96.3 Å². The first-order valence-electron chi connectivity index (χ1n) is 10.4. The molecular formula is C26H26O6. The van der Waals surface area contributed by atoms with E-state index in [1.165, 1.54) is 22.6 Å². The lowest BCUT2D eigenvalue weighted by Gasteiger charge is -2.17. The molecule has 0 radical (unpaired) electrons. The summed E-state index contributed by atoms with van der Waals surface area (Å²) in [5.74, 6) is -2.50. The molecule has 6 nitrogen and oxygen atoms in total. The summed E-state index contributed by atoms with van der Waals surface area (Å²) in [6.07, 6.45) is 1.59. The van der Waals surface area contributed by atoms with E-state index in [1.807, 2.05) is 18.2 Å². The van der Waals surface area contributed by atoms with Crippen LogP contribution >= 0.6 is 0 Å². The number of benzene rings is 3. The molecule has 2 N–H and O–H groups in total. The molecule has 0 amide bonds. The molecular weight excluding hydrogens is 408 g/mol. The van der Waals surface area contributed by atoms with Gasteiger partial charge in [-0.25, -0.2) is 9.59 Å². The predicted molar refractivity (Wildman–Crippen MR) is 121 cm³/mol. The molecule has 3 rings (SSSR count). The maximum absolute atomic E-state index is 12.0. The number of carbonyl (C=O) groups excluding carboxylic acids is 1. The van der Waals surface area contributed by atoms with E-state index in [0.29, 0.717) is 6.42 Å². The van der Waals surface area contributed by atoms with Crippen LogP contribution in [0.25, 0.3) is 10.8 Å². The van der Waals surface area contributed by atoms with Crippen molar-refractivity contribution in [2.75, 3.05) is 0 Å². The molecule has 32 heavy (non-hydrogen) atoms. The first-order chi connectivity index (χ1) is 15.5. The fourth-order valence-electron chi connectivity index (χ4n) is 3.23. The van der Waals surface area contributed by atoms with Crippen LogP contribution in [-0.4, -0.2) is 34.4 Å². The average Bonchev–Trinajstić information content (AvgIpc) is 2.82. The number of fused-ring (bicyclic) bond motifs is 1. The van der Waals surface area contributed by atoms with Crippen LogP contribution in [0.3, 0.4) is 0 Å². The highest BCUT2D eigenvalue weighted by atomic mass is 16.6. The Morgan fingerprint density at radius 1 is 0.906 bits per heavy atom. The van der Waals surface area contributed by atoms with Crippen molar-refractivity contribution >= 4 is 22.7 Å². The molecule has 0 aliphatic rings. The fourth-order valence-corrected chi connectivity index (χ4v) is 3.23. The maximum Gasteiger partial charge on any atom is 0.348 e. The number of aryl methyl sites for hydroxylation is 1. The lowest BCUT2D eigenvalue weighted by Crippen LogP contribution is -2.41. The molecule has 0 fully saturated rings. The van der Waals surface area contributed by atoms with Gasteiger partial charge in [0, 0.05) is 0 Å². The van der Waals surface area contributed by atoms with Crippen LogP contribution in [0.5, 0.6) is 0 Å². The van der Waals surface area contributed by atoms with Crippen LogP contribution in [-0.2, 0) is 32.1 Å². The van der Waals surface area contributed by atoms with Gasteiger partial charge in [-0.3, -0.25) is 0 Å². The van der Waals surface area contributed by atoms with Gasteiger partial charge in [0.25, 0.3) is 0 Å². The highest BCUT2D eigenvalue weighted by Crippen LogP contribution is 2.17. The summed E-state index contributed by atoms with van der Waals surface area (Å²) in [5.41, 5.74) is 1.95. The monoisotopic (exact) mass is 434 g/mol. The van der Waals surface area contributed by atoms with Gasteiger partial charge in [-0.1, -0.05) is 72.8 Å². The van der Waals surface area contributed by atoms with Gasteiger partial charge < -0.3 is 19.7 Å². The zero-order chi connectivity index (χ0) is 22.8. The van der Waals surface area contributed by atoms with E-state index in [4.69, 9.17) is 9.47 Å². The van der Waals surface area contributed by atoms with Gasteiger partial charge in [-0.05, 0) is 47.2 Å². The van der Waals surface area contributed by atoms with E-state index in [2.05, 4.69) is 30.3 Å². The number of esters is 1. The van der Waals surface area contributed by atoms with E-state index in [9.17, 15) is 19.8 Å². The number of aliphatic carboxylic acids is 1. The van der Waals surface area contributed by atoms with Crippen LogP contribution in [0.2, 0.25) is 0 Å². The van der Waals surface area contributed by atoms with Gasteiger partial charge in [-0.15, -0.1) is 0 Å². The molecule has 0 saturated carbocycles. The average molecular weight is 434 g/mol. The third-order valence-corrected chi connectivity index (χ3v) is 4.97. The Balaban J connectivity index is 1.43. The number of carboxylic acids is 1. The van der Waals surface area contributed by atoms with Crippen LogP contribution in [0, 0.1) is 0 Å². The minimum atomic E-state index is -1.93. The third kappa shape index (κ3) is 6.68. The molecule has 3 aromatic carbocycles. The van der Waals surface area contributed by atoms with Crippen molar-refractivity contribution in [3.8, 4) is 0 Å². The number of allylic oxidation sites excluding steroid dienone is 1. The molecule has 166 valence electrons. The van der Waals surface area contributed by atoms with Crippen molar-refractivity contribution in [1.29, 1.82) is 0 Å². The number of carbonyl (C=O) groups is 2. The van der Waals surface area contributed by atoms with E-state index >= 15 is 0 Å². The van der Waals surface area contributed by atoms with Gasteiger partial charge in [0.15, 0.2) is 6.10 Å². The Hall–Kier alpha value is -3.64. The van der Waals surface area contributed by atoms with Gasteiger partial charge in [0.2, 0.25) is 6.10 Å². The van der Waals surface area contributed by atoms with Gasteiger partial charge >= 0.3 is 11.9 Å². The van der Waals surface area contributed by atoms with Crippen LogP contribution in [0.1, 0.15) is 24.0 Å². The van der Waals surface area contributed by atoms with Crippen molar-refractivity contribution in [3.63, 3.8) is 0 Å². The smallest absolute Gasteiger partial charge is 0.348 e. The fraction of sp³-hybridized carbons (Fsp3) is 0.231. The van der Waals surface area contributed by atoms with Gasteiger partial charge in [-0.2, -0.15) is 0 Å². The Kier molecular flexibility index (Phi) is 8.40. The minimum Gasteiger partial charge on any atom is -0.483 e. The predicted octanol–water partition coefficient (Wildman–Crippen LogP) is 4.25. The molecule has 3 aromatic rings. The molecule has 0 aromatic heterocycles. The second-order valence-corrected chi connectivity index (χ2v) is 7.38. The number of rotatable bonds is 11. The molecule has 0 aliphatic heterocycles. The largest absolute Gasteiger partial charge is 0.483 e. The molecule has 0 bridgehead atoms. The van der Waals surface area contributed by atoms with Gasteiger partial charge in [0.1, 0.15) is 6.61 Å². The lowest BCUT2D eigenvalue weighted by atomic mass is 10.0. The molecule has 0 aliphatic carbocycles. The number of ether oxygens (including phenoxy) is 2.